The molecule has 17 heavy (non-hydrogen) atoms. The number of hydrogen-bond donors (Lipinski definition) is 0. The molecule has 0 aliphatic carbocycles. The van der Waals surface area contributed by atoms with E-state index in [1.807, 2.05) is 0 Å². The van der Waals surface area contributed by atoms with Crippen LogP contribution in [0.4, 0.5) is 4.39 Å². The number of halogens is 2. The van der Waals surface area contributed by atoms with Crippen LogP contribution in [-0.2, 0) is 0 Å². The fraction of sp³-hybridized carbons (Fsp3) is 0.154. The third kappa shape index (κ3) is 2.94. The van der Waals surface area contributed by atoms with E-state index in [0.717, 1.165) is 0 Å². The van der Waals surface area contributed by atoms with Crippen molar-refractivity contribution in [3.8, 4) is 0 Å². The molecule has 0 saturated carbocycles. The Morgan fingerprint density at radius 1 is 1.53 bits per heavy atom. The van der Waals surface area contributed by atoms with Crippen LogP contribution in [-0.4, -0.2) is 17.9 Å². The van der Waals surface area contributed by atoms with E-state index in [1.165, 1.54) is 23.1 Å². The highest BCUT2D eigenvalue weighted by Gasteiger charge is 2.19. The molecule has 0 atom stereocenters. The fourth-order valence-corrected chi connectivity index (χ4v) is 1.56. The van der Waals surface area contributed by atoms with Gasteiger partial charge in [0.15, 0.2) is 0 Å². The first-order valence-electron chi connectivity index (χ1n) is 5.00. The molecule has 0 saturated heterocycles. The number of nitrogens with zero attached hydrogens (tertiary/aromatic N) is 1. The van der Waals surface area contributed by atoms with Crippen LogP contribution in [0.15, 0.2) is 42.6 Å². The summed E-state index contributed by atoms with van der Waals surface area (Å²) in [5.41, 5.74) is 0.540. The zero-order chi connectivity index (χ0) is 13.0. The second-order valence-corrected chi connectivity index (χ2v) is 3.91. The fourth-order valence-electron chi connectivity index (χ4n) is 1.31. The van der Waals surface area contributed by atoms with Gasteiger partial charge in [0.25, 0.3) is 5.91 Å². The average Bonchev–Trinajstić information content (AvgIpc) is 2.27. The molecule has 0 aliphatic heterocycles. The molecule has 0 aromatic heterocycles. The first kappa shape index (κ1) is 13.5. The van der Waals surface area contributed by atoms with Gasteiger partial charge in [-0.25, -0.2) is 4.39 Å². The largest absolute Gasteiger partial charge is 0.315 e. The third-order valence-electron chi connectivity index (χ3n) is 2.37. The lowest BCUT2D eigenvalue weighted by atomic mass is 10.2. The van der Waals surface area contributed by atoms with Gasteiger partial charge in [-0.2, -0.15) is 0 Å². The predicted octanol–water partition coefficient (Wildman–Crippen LogP) is 3.64. The second-order valence-electron chi connectivity index (χ2n) is 3.50. The van der Waals surface area contributed by atoms with E-state index in [0.29, 0.717) is 5.70 Å². The van der Waals surface area contributed by atoms with Gasteiger partial charge >= 0.3 is 0 Å². The number of amides is 1. The average molecular weight is 254 g/mol. The Labute approximate surface area is 105 Å². The molecule has 0 aliphatic rings. The highest BCUT2D eigenvalue weighted by atomic mass is 35.5. The van der Waals surface area contributed by atoms with Crippen molar-refractivity contribution in [1.82, 2.24) is 4.90 Å². The Bertz CT molecular complexity index is 462. The molecule has 0 spiro atoms. The van der Waals surface area contributed by atoms with E-state index in [-0.39, 0.29) is 10.6 Å². The van der Waals surface area contributed by atoms with E-state index in [9.17, 15) is 9.18 Å². The van der Waals surface area contributed by atoms with Gasteiger partial charge in [-0.15, -0.1) is 0 Å². The molecule has 90 valence electrons. The van der Waals surface area contributed by atoms with Crippen LogP contribution in [0.3, 0.4) is 0 Å². The van der Waals surface area contributed by atoms with E-state index >= 15 is 0 Å². The number of benzene rings is 1. The Morgan fingerprint density at radius 3 is 2.71 bits per heavy atom. The quantitative estimate of drug-likeness (QED) is 0.753. The lowest BCUT2D eigenvalue weighted by molar-refractivity contribution is 0.0832. The molecule has 0 N–H and O–H groups in total. The molecule has 0 unspecified atom stereocenters. The summed E-state index contributed by atoms with van der Waals surface area (Å²) in [5, 5.41) is 0.105. The van der Waals surface area contributed by atoms with Crippen LogP contribution in [0.1, 0.15) is 17.3 Å². The first-order chi connectivity index (χ1) is 7.99. The normalized spacial score (nSPS) is 11.2. The van der Waals surface area contributed by atoms with Crippen LogP contribution >= 0.6 is 11.6 Å². The maximum atomic E-state index is 13.5. The van der Waals surface area contributed by atoms with Gasteiger partial charge in [0.05, 0.1) is 10.6 Å². The molecule has 0 radical (unpaired) electrons. The van der Waals surface area contributed by atoms with Crippen molar-refractivity contribution in [2.45, 2.75) is 6.92 Å². The molecule has 1 amide bonds. The molecular weight excluding hydrogens is 241 g/mol. The minimum atomic E-state index is -0.624. The number of rotatable bonds is 3. The monoisotopic (exact) mass is 253 g/mol. The first-order valence-corrected chi connectivity index (χ1v) is 5.38. The Hall–Kier alpha value is -1.61. The summed E-state index contributed by atoms with van der Waals surface area (Å²) in [6, 6.07) is 4.15. The van der Waals surface area contributed by atoms with Crippen LogP contribution in [0.2, 0.25) is 5.02 Å². The molecule has 1 aromatic rings. The summed E-state index contributed by atoms with van der Waals surface area (Å²) in [6.07, 6.45) is 3.22. The van der Waals surface area contributed by atoms with Gasteiger partial charge in [-0.1, -0.05) is 30.3 Å². The van der Waals surface area contributed by atoms with E-state index in [2.05, 4.69) is 6.58 Å². The number of allylic oxidation sites excluding steroid dienone is 3. The van der Waals surface area contributed by atoms with Crippen molar-refractivity contribution in [2.75, 3.05) is 7.05 Å². The van der Waals surface area contributed by atoms with Crippen molar-refractivity contribution in [1.29, 1.82) is 0 Å². The molecule has 4 heteroatoms. The standard InChI is InChI=1S/C13H13ClFNO/c1-4-6-9(2)16(3)13(17)12-10(14)7-5-8-11(12)15/h4-8H,1H2,2-3H3. The summed E-state index contributed by atoms with van der Waals surface area (Å²) >= 11 is 5.82. The van der Waals surface area contributed by atoms with Gasteiger partial charge in [-0.3, -0.25) is 4.79 Å². The lowest BCUT2D eigenvalue weighted by Crippen LogP contribution is -2.26. The minimum absolute atomic E-state index is 0.105. The van der Waals surface area contributed by atoms with Crippen LogP contribution in [0.25, 0.3) is 0 Å². The number of hydrogen-bond acceptors (Lipinski definition) is 1. The molecule has 0 heterocycles. The van der Waals surface area contributed by atoms with Crippen molar-refractivity contribution >= 4 is 17.5 Å². The maximum absolute atomic E-state index is 13.5. The van der Waals surface area contributed by atoms with Crippen molar-refractivity contribution in [2.24, 2.45) is 0 Å². The highest BCUT2D eigenvalue weighted by Crippen LogP contribution is 2.21. The minimum Gasteiger partial charge on any atom is -0.315 e. The highest BCUT2D eigenvalue weighted by molar-refractivity contribution is 6.33. The van der Waals surface area contributed by atoms with Gasteiger partial charge in [0, 0.05) is 12.7 Å². The molecule has 0 fully saturated rings. The summed E-state index contributed by atoms with van der Waals surface area (Å²) in [6.45, 7) is 5.27. The van der Waals surface area contributed by atoms with E-state index in [1.54, 1.807) is 26.1 Å². The summed E-state index contributed by atoms with van der Waals surface area (Å²) in [5.74, 6) is -1.11. The second kappa shape index (κ2) is 5.64. The van der Waals surface area contributed by atoms with Gasteiger partial charge in [-0.05, 0) is 25.1 Å². The molecular formula is C13H13ClFNO. The number of carbonyl (C=O) groups is 1. The summed E-state index contributed by atoms with van der Waals surface area (Å²) < 4.78 is 13.5. The predicted molar refractivity (Wildman–Crippen MR) is 67.5 cm³/mol. The zero-order valence-electron chi connectivity index (χ0n) is 9.71. The molecule has 0 bridgehead atoms. The van der Waals surface area contributed by atoms with Crippen LogP contribution < -0.4 is 0 Å². The van der Waals surface area contributed by atoms with E-state index in [4.69, 9.17) is 11.6 Å². The van der Waals surface area contributed by atoms with Crippen molar-refractivity contribution in [3.05, 3.63) is 59.0 Å². The maximum Gasteiger partial charge on any atom is 0.262 e. The van der Waals surface area contributed by atoms with Gasteiger partial charge in [0.2, 0.25) is 0 Å². The van der Waals surface area contributed by atoms with Crippen LogP contribution in [0.5, 0.6) is 0 Å². The Balaban J connectivity index is 3.13. The Kier molecular flexibility index (Phi) is 4.46. The summed E-state index contributed by atoms with van der Waals surface area (Å²) in [7, 11) is 1.56. The lowest BCUT2D eigenvalue weighted by Gasteiger charge is -2.18. The number of carbonyl (C=O) groups excluding carboxylic acids is 1. The van der Waals surface area contributed by atoms with Gasteiger partial charge < -0.3 is 4.90 Å². The topological polar surface area (TPSA) is 20.3 Å². The van der Waals surface area contributed by atoms with Crippen molar-refractivity contribution in [3.63, 3.8) is 0 Å². The molecule has 2 nitrogen and oxygen atoms in total. The SMILES string of the molecule is C=CC=C(C)N(C)C(=O)c1c(F)cccc1Cl. The smallest absolute Gasteiger partial charge is 0.262 e. The summed E-state index contributed by atoms with van der Waals surface area (Å²) in [4.78, 5) is 13.4. The van der Waals surface area contributed by atoms with Crippen molar-refractivity contribution < 1.29 is 9.18 Å². The van der Waals surface area contributed by atoms with E-state index < -0.39 is 11.7 Å². The third-order valence-corrected chi connectivity index (χ3v) is 2.68. The van der Waals surface area contributed by atoms with Gasteiger partial charge in [0.1, 0.15) is 5.82 Å². The molecule has 1 rings (SSSR count). The Morgan fingerprint density at radius 2 is 2.18 bits per heavy atom. The van der Waals surface area contributed by atoms with Crippen LogP contribution in [0, 0.1) is 5.82 Å². The zero-order valence-corrected chi connectivity index (χ0v) is 10.5. The molecule has 1 aromatic carbocycles.